The Morgan fingerprint density at radius 3 is 2.67 bits per heavy atom. The van der Waals surface area contributed by atoms with Crippen molar-refractivity contribution in [3.8, 4) is 22.8 Å². The summed E-state index contributed by atoms with van der Waals surface area (Å²) < 4.78 is 1.76. The normalized spacial score (nSPS) is 13.3. The first-order chi connectivity index (χ1) is 13.3. The minimum absolute atomic E-state index is 0.631. The number of hydrogen-bond donors (Lipinski definition) is 1. The largest absolute Gasteiger partial charge is 0.274 e. The summed E-state index contributed by atoms with van der Waals surface area (Å²) in [7, 11) is 0. The zero-order valence-corrected chi connectivity index (χ0v) is 15.6. The first-order valence-corrected chi connectivity index (χ1v) is 9.67. The number of aromatic nitrogens is 5. The standard InChI is InChI=1S/C19H13ClN6S/c20-14-8-4-7-13(9-14)17-11-27-19-24-23-18(26(19)25-17)16-10-15(21-22-16)12-5-2-1-3-6-12/h1-10H,11H2,(H,21,22). The van der Waals surface area contributed by atoms with E-state index in [-0.39, 0.29) is 0 Å². The number of fused-ring (bicyclic) bond motifs is 1. The molecule has 0 radical (unpaired) electrons. The molecular weight excluding hydrogens is 380 g/mol. The van der Waals surface area contributed by atoms with E-state index in [0.29, 0.717) is 10.8 Å². The Labute approximate surface area is 164 Å². The Balaban J connectivity index is 1.54. The van der Waals surface area contributed by atoms with Gasteiger partial charge in [0.05, 0.1) is 11.4 Å². The van der Waals surface area contributed by atoms with E-state index in [1.54, 1.807) is 16.4 Å². The molecule has 1 aliphatic heterocycles. The van der Waals surface area contributed by atoms with Gasteiger partial charge in [-0.2, -0.15) is 14.9 Å². The van der Waals surface area contributed by atoms with Gasteiger partial charge in [-0.05, 0) is 18.2 Å². The molecule has 4 aromatic rings. The van der Waals surface area contributed by atoms with Crippen LogP contribution < -0.4 is 0 Å². The summed E-state index contributed by atoms with van der Waals surface area (Å²) in [5.74, 6) is 1.35. The Hall–Kier alpha value is -2.90. The van der Waals surface area contributed by atoms with Crippen molar-refractivity contribution in [2.24, 2.45) is 5.10 Å². The van der Waals surface area contributed by atoms with E-state index < -0.39 is 0 Å². The second kappa shape index (κ2) is 6.68. The van der Waals surface area contributed by atoms with Gasteiger partial charge < -0.3 is 0 Å². The molecule has 1 aliphatic rings. The lowest BCUT2D eigenvalue weighted by Gasteiger charge is -2.13. The molecule has 0 saturated carbocycles. The molecule has 2 aromatic heterocycles. The quantitative estimate of drug-likeness (QED) is 0.562. The molecule has 3 heterocycles. The van der Waals surface area contributed by atoms with Crippen LogP contribution in [0.3, 0.4) is 0 Å². The molecule has 0 amide bonds. The van der Waals surface area contributed by atoms with Crippen LogP contribution in [0.4, 0.5) is 0 Å². The number of halogens is 1. The lowest BCUT2D eigenvalue weighted by Crippen LogP contribution is -2.13. The lowest BCUT2D eigenvalue weighted by atomic mass is 10.1. The smallest absolute Gasteiger partial charge is 0.212 e. The third-order valence-corrected chi connectivity index (χ3v) is 5.38. The van der Waals surface area contributed by atoms with Crippen molar-refractivity contribution < 1.29 is 0 Å². The molecule has 132 valence electrons. The van der Waals surface area contributed by atoms with Crippen molar-refractivity contribution in [2.45, 2.75) is 5.16 Å². The number of nitrogens with one attached hydrogen (secondary N) is 1. The van der Waals surface area contributed by atoms with Gasteiger partial charge in [0, 0.05) is 21.9 Å². The van der Waals surface area contributed by atoms with Crippen LogP contribution in [0, 0.1) is 0 Å². The molecule has 2 aromatic carbocycles. The topological polar surface area (TPSA) is 71.8 Å². The Kier molecular flexibility index (Phi) is 4.03. The predicted octanol–water partition coefficient (Wildman–Crippen LogP) is 4.35. The van der Waals surface area contributed by atoms with Crippen molar-refractivity contribution >= 4 is 29.1 Å². The van der Waals surface area contributed by atoms with E-state index in [0.717, 1.165) is 39.1 Å². The van der Waals surface area contributed by atoms with E-state index in [1.807, 2.05) is 60.7 Å². The van der Waals surface area contributed by atoms with Crippen LogP contribution in [0.5, 0.6) is 0 Å². The van der Waals surface area contributed by atoms with Crippen molar-refractivity contribution in [1.29, 1.82) is 0 Å². The fraction of sp³-hybridized carbons (Fsp3) is 0.0526. The number of nitrogens with zero attached hydrogens (tertiary/aromatic N) is 5. The Morgan fingerprint density at radius 2 is 1.81 bits per heavy atom. The fourth-order valence-electron chi connectivity index (χ4n) is 2.90. The number of rotatable bonds is 3. The molecule has 1 N–H and O–H groups in total. The molecule has 0 atom stereocenters. The lowest BCUT2D eigenvalue weighted by molar-refractivity contribution is 0.760. The van der Waals surface area contributed by atoms with Gasteiger partial charge in [-0.15, -0.1) is 10.2 Å². The van der Waals surface area contributed by atoms with Crippen molar-refractivity contribution in [3.63, 3.8) is 0 Å². The minimum Gasteiger partial charge on any atom is -0.274 e. The first kappa shape index (κ1) is 16.3. The van der Waals surface area contributed by atoms with Gasteiger partial charge in [0.2, 0.25) is 11.0 Å². The molecule has 0 unspecified atom stereocenters. The van der Waals surface area contributed by atoms with Crippen LogP contribution in [-0.4, -0.2) is 36.5 Å². The SMILES string of the molecule is Clc1cccc(C2=Nn3c(nnc3-c3cc(-c4ccccc4)n[nH]3)SC2)c1. The maximum absolute atomic E-state index is 6.12. The molecule has 8 heteroatoms. The fourth-order valence-corrected chi connectivity index (χ4v) is 3.93. The zero-order chi connectivity index (χ0) is 18.2. The first-order valence-electron chi connectivity index (χ1n) is 8.31. The zero-order valence-electron chi connectivity index (χ0n) is 14.0. The van der Waals surface area contributed by atoms with E-state index >= 15 is 0 Å². The van der Waals surface area contributed by atoms with Crippen molar-refractivity contribution in [2.75, 3.05) is 5.75 Å². The molecule has 5 rings (SSSR count). The van der Waals surface area contributed by atoms with E-state index in [4.69, 9.17) is 16.7 Å². The molecule has 0 aliphatic carbocycles. The van der Waals surface area contributed by atoms with E-state index in [2.05, 4.69) is 20.4 Å². The average Bonchev–Trinajstić information content (AvgIpc) is 3.35. The van der Waals surface area contributed by atoms with Crippen LogP contribution in [0.1, 0.15) is 5.56 Å². The Bertz CT molecular complexity index is 1150. The second-order valence-electron chi connectivity index (χ2n) is 6.00. The summed E-state index contributed by atoms with van der Waals surface area (Å²) >= 11 is 7.72. The highest BCUT2D eigenvalue weighted by atomic mass is 35.5. The summed E-state index contributed by atoms with van der Waals surface area (Å²) in [5, 5.41) is 22.2. The highest BCUT2D eigenvalue weighted by Gasteiger charge is 2.22. The Morgan fingerprint density at radius 1 is 0.963 bits per heavy atom. The van der Waals surface area contributed by atoms with Gasteiger partial charge in [0.25, 0.3) is 0 Å². The van der Waals surface area contributed by atoms with Crippen molar-refractivity contribution in [3.05, 3.63) is 71.2 Å². The highest BCUT2D eigenvalue weighted by Crippen LogP contribution is 2.29. The van der Waals surface area contributed by atoms with Gasteiger partial charge in [0.15, 0.2) is 0 Å². The summed E-state index contributed by atoms with van der Waals surface area (Å²) in [4.78, 5) is 0. The monoisotopic (exact) mass is 392 g/mol. The summed E-state index contributed by atoms with van der Waals surface area (Å²) in [5.41, 5.74) is 4.58. The number of hydrogen-bond acceptors (Lipinski definition) is 5. The van der Waals surface area contributed by atoms with E-state index in [1.165, 1.54) is 0 Å². The van der Waals surface area contributed by atoms with Gasteiger partial charge in [-0.25, -0.2) is 0 Å². The maximum Gasteiger partial charge on any atom is 0.212 e. The summed E-state index contributed by atoms with van der Waals surface area (Å²) in [6, 6.07) is 19.7. The van der Waals surface area contributed by atoms with Crippen molar-refractivity contribution in [1.82, 2.24) is 25.1 Å². The molecular formula is C19H13ClN6S. The predicted molar refractivity (Wildman–Crippen MR) is 107 cm³/mol. The summed E-state index contributed by atoms with van der Waals surface area (Å²) in [6.07, 6.45) is 0. The third kappa shape index (κ3) is 3.05. The molecule has 27 heavy (non-hydrogen) atoms. The third-order valence-electron chi connectivity index (χ3n) is 4.22. The second-order valence-corrected chi connectivity index (χ2v) is 7.38. The van der Waals surface area contributed by atoms with Gasteiger partial charge in [0.1, 0.15) is 5.69 Å². The molecule has 0 saturated heterocycles. The van der Waals surface area contributed by atoms with Crippen LogP contribution in [0.15, 0.2) is 70.9 Å². The molecule has 6 nitrogen and oxygen atoms in total. The van der Waals surface area contributed by atoms with Crippen LogP contribution in [-0.2, 0) is 0 Å². The number of thioether (sulfide) groups is 1. The molecule has 0 spiro atoms. The van der Waals surface area contributed by atoms with Crippen LogP contribution in [0.2, 0.25) is 5.02 Å². The molecule has 0 fully saturated rings. The summed E-state index contributed by atoms with van der Waals surface area (Å²) in [6.45, 7) is 0. The average molecular weight is 393 g/mol. The van der Waals surface area contributed by atoms with Gasteiger partial charge in [-0.1, -0.05) is 65.8 Å². The van der Waals surface area contributed by atoms with Gasteiger partial charge in [-0.3, -0.25) is 5.10 Å². The highest BCUT2D eigenvalue weighted by molar-refractivity contribution is 7.99. The van der Waals surface area contributed by atoms with Gasteiger partial charge >= 0.3 is 0 Å². The number of aromatic amines is 1. The minimum atomic E-state index is 0.631. The maximum atomic E-state index is 6.12. The number of benzene rings is 2. The van der Waals surface area contributed by atoms with Crippen LogP contribution >= 0.6 is 23.4 Å². The van der Waals surface area contributed by atoms with E-state index in [9.17, 15) is 0 Å². The molecule has 0 bridgehead atoms. The van der Waals surface area contributed by atoms with Crippen LogP contribution in [0.25, 0.3) is 22.8 Å². The number of H-pyrrole nitrogens is 1.